The smallest absolute Gasteiger partial charge is 0.258 e. The van der Waals surface area contributed by atoms with Crippen molar-refractivity contribution in [2.24, 2.45) is 0 Å². The van der Waals surface area contributed by atoms with Gasteiger partial charge < -0.3 is 10.3 Å². The van der Waals surface area contributed by atoms with Crippen LogP contribution in [0.25, 0.3) is 11.2 Å². The van der Waals surface area contributed by atoms with Gasteiger partial charge in [-0.2, -0.15) is 9.97 Å². The molecule has 3 N–H and O–H groups in total. The first-order valence-corrected chi connectivity index (χ1v) is 8.56. The van der Waals surface area contributed by atoms with Gasteiger partial charge in [0.1, 0.15) is 5.52 Å². The molecule has 0 radical (unpaired) electrons. The first-order valence-electron chi connectivity index (χ1n) is 8.56. The number of imidazole rings is 1. The van der Waals surface area contributed by atoms with Gasteiger partial charge in [0, 0.05) is 12.1 Å². The topological polar surface area (TPSA) is 95.6 Å². The number of nitrogens with zero attached hydrogens (tertiary/aromatic N) is 3. The number of carbonyl (C=O) groups is 1. The van der Waals surface area contributed by atoms with Crippen LogP contribution in [0.2, 0.25) is 0 Å². The Labute approximate surface area is 155 Å². The largest absolute Gasteiger partial charge is 0.364 e. The number of aromatic amines is 1. The van der Waals surface area contributed by atoms with Crippen LogP contribution in [-0.2, 0) is 6.54 Å². The summed E-state index contributed by atoms with van der Waals surface area (Å²) in [5, 5.41) is 6.02. The Balaban J connectivity index is 1.57. The van der Waals surface area contributed by atoms with Gasteiger partial charge in [0.15, 0.2) is 11.5 Å². The van der Waals surface area contributed by atoms with Crippen LogP contribution < -0.4 is 10.6 Å². The van der Waals surface area contributed by atoms with Crippen LogP contribution in [0.15, 0.2) is 60.9 Å². The van der Waals surface area contributed by atoms with Crippen molar-refractivity contribution in [3.05, 3.63) is 77.6 Å². The molecule has 4 aromatic rings. The van der Waals surface area contributed by atoms with Gasteiger partial charge in [-0.05, 0) is 24.6 Å². The Bertz CT molecular complexity index is 1070. The van der Waals surface area contributed by atoms with Crippen molar-refractivity contribution in [2.45, 2.75) is 13.5 Å². The Morgan fingerprint density at radius 1 is 1.04 bits per heavy atom. The molecule has 0 spiro atoms. The van der Waals surface area contributed by atoms with Crippen molar-refractivity contribution in [3.8, 4) is 0 Å². The molecule has 2 aromatic carbocycles. The van der Waals surface area contributed by atoms with E-state index in [2.05, 4.69) is 61.8 Å². The summed E-state index contributed by atoms with van der Waals surface area (Å²) in [5.74, 6) is 0.520. The molecular formula is C20H18N6O. The number of hydrogen-bond donors (Lipinski definition) is 3. The molecule has 0 saturated heterocycles. The van der Waals surface area contributed by atoms with E-state index < -0.39 is 0 Å². The lowest BCUT2D eigenvalue weighted by atomic mass is 10.1. The summed E-state index contributed by atoms with van der Waals surface area (Å²) in [6, 6.07) is 17.2. The van der Waals surface area contributed by atoms with Crippen molar-refractivity contribution in [1.82, 2.24) is 19.9 Å². The number of nitrogens with one attached hydrogen (secondary N) is 3. The highest BCUT2D eigenvalue weighted by Gasteiger charge is 2.13. The average molecular weight is 358 g/mol. The molecule has 1 amide bonds. The number of aryl methyl sites for hydroxylation is 1. The normalized spacial score (nSPS) is 10.7. The average Bonchev–Trinajstić information content (AvgIpc) is 3.17. The van der Waals surface area contributed by atoms with E-state index in [1.807, 2.05) is 6.07 Å². The summed E-state index contributed by atoms with van der Waals surface area (Å²) in [7, 11) is 0. The second-order valence-electron chi connectivity index (χ2n) is 6.16. The first kappa shape index (κ1) is 16.7. The lowest BCUT2D eigenvalue weighted by Crippen LogP contribution is -2.15. The number of rotatable bonds is 5. The van der Waals surface area contributed by atoms with Crippen LogP contribution in [-0.4, -0.2) is 25.8 Å². The molecule has 0 aliphatic carbocycles. The molecule has 134 valence electrons. The zero-order chi connectivity index (χ0) is 18.6. The predicted octanol–water partition coefficient (Wildman–Crippen LogP) is 3.53. The van der Waals surface area contributed by atoms with Crippen molar-refractivity contribution < 1.29 is 4.79 Å². The number of aromatic nitrogens is 4. The van der Waals surface area contributed by atoms with Crippen LogP contribution in [0, 0.1) is 6.92 Å². The van der Waals surface area contributed by atoms with Crippen LogP contribution in [0.4, 0.5) is 11.8 Å². The van der Waals surface area contributed by atoms with Gasteiger partial charge in [-0.15, -0.1) is 0 Å². The molecule has 2 aromatic heterocycles. The third-order valence-electron chi connectivity index (χ3n) is 4.13. The SMILES string of the molecule is Cc1ccc(CNc2nc(NC(=O)c3ccccc3)nc3nc[nH]c23)cc1. The number of amides is 1. The maximum Gasteiger partial charge on any atom is 0.258 e. The Kier molecular flexibility index (Phi) is 4.49. The van der Waals surface area contributed by atoms with Crippen molar-refractivity contribution >= 4 is 28.8 Å². The summed E-state index contributed by atoms with van der Waals surface area (Å²) < 4.78 is 0. The minimum Gasteiger partial charge on any atom is -0.364 e. The molecule has 0 aliphatic heterocycles. The van der Waals surface area contributed by atoms with Gasteiger partial charge in [0.05, 0.1) is 6.33 Å². The van der Waals surface area contributed by atoms with Crippen LogP contribution in [0.5, 0.6) is 0 Å². The van der Waals surface area contributed by atoms with E-state index in [9.17, 15) is 4.79 Å². The maximum atomic E-state index is 12.4. The number of hydrogen-bond acceptors (Lipinski definition) is 5. The van der Waals surface area contributed by atoms with E-state index in [4.69, 9.17) is 0 Å². The molecule has 0 atom stereocenters. The highest BCUT2D eigenvalue weighted by molar-refractivity contribution is 6.03. The molecule has 0 unspecified atom stereocenters. The highest BCUT2D eigenvalue weighted by atomic mass is 16.1. The maximum absolute atomic E-state index is 12.4. The number of anilines is 2. The quantitative estimate of drug-likeness (QED) is 0.507. The summed E-state index contributed by atoms with van der Waals surface area (Å²) in [6.07, 6.45) is 1.55. The Morgan fingerprint density at radius 2 is 1.81 bits per heavy atom. The molecule has 0 aliphatic rings. The lowest BCUT2D eigenvalue weighted by molar-refractivity contribution is 0.102. The number of H-pyrrole nitrogens is 1. The van der Waals surface area contributed by atoms with Gasteiger partial charge in [-0.3, -0.25) is 10.1 Å². The van der Waals surface area contributed by atoms with Gasteiger partial charge in [-0.25, -0.2) is 4.98 Å². The summed E-state index contributed by atoms with van der Waals surface area (Å²) in [6.45, 7) is 2.65. The second kappa shape index (κ2) is 7.25. The molecule has 0 bridgehead atoms. The highest BCUT2D eigenvalue weighted by Crippen LogP contribution is 2.20. The number of fused-ring (bicyclic) bond motifs is 1. The molecule has 4 rings (SSSR count). The van der Waals surface area contributed by atoms with Gasteiger partial charge >= 0.3 is 0 Å². The summed E-state index contributed by atoms with van der Waals surface area (Å²) >= 11 is 0. The molecule has 27 heavy (non-hydrogen) atoms. The molecular weight excluding hydrogens is 340 g/mol. The summed E-state index contributed by atoms with van der Waals surface area (Å²) in [4.78, 5) is 28.3. The molecule has 7 heteroatoms. The molecule has 0 saturated carbocycles. The van der Waals surface area contributed by atoms with Crippen LogP contribution in [0.1, 0.15) is 21.5 Å². The van der Waals surface area contributed by atoms with E-state index in [-0.39, 0.29) is 11.9 Å². The third-order valence-corrected chi connectivity index (χ3v) is 4.13. The second-order valence-corrected chi connectivity index (χ2v) is 6.16. The number of carbonyl (C=O) groups excluding carboxylic acids is 1. The fourth-order valence-electron chi connectivity index (χ4n) is 2.67. The van der Waals surface area contributed by atoms with Crippen molar-refractivity contribution in [2.75, 3.05) is 10.6 Å². The van der Waals surface area contributed by atoms with Gasteiger partial charge in [0.2, 0.25) is 5.95 Å². The Morgan fingerprint density at radius 3 is 2.59 bits per heavy atom. The van der Waals surface area contributed by atoms with E-state index in [0.29, 0.717) is 29.1 Å². The van der Waals surface area contributed by atoms with Gasteiger partial charge in [0.25, 0.3) is 5.91 Å². The minimum atomic E-state index is -0.269. The third kappa shape index (κ3) is 3.77. The molecule has 7 nitrogen and oxygen atoms in total. The van der Waals surface area contributed by atoms with E-state index >= 15 is 0 Å². The van der Waals surface area contributed by atoms with Crippen molar-refractivity contribution in [1.29, 1.82) is 0 Å². The minimum absolute atomic E-state index is 0.204. The first-order chi connectivity index (χ1) is 13.2. The fraction of sp³-hybridized carbons (Fsp3) is 0.100. The van der Waals surface area contributed by atoms with Crippen molar-refractivity contribution in [3.63, 3.8) is 0 Å². The standard InChI is InChI=1S/C20H18N6O/c1-13-7-9-14(10-8-13)11-21-17-16-18(23-12-22-16)25-20(24-17)26-19(27)15-5-3-2-4-6-15/h2-10,12H,11H2,1H3,(H3,21,22,23,24,25,26,27). The monoisotopic (exact) mass is 358 g/mol. The lowest BCUT2D eigenvalue weighted by Gasteiger charge is -2.09. The summed E-state index contributed by atoms with van der Waals surface area (Å²) in [5.41, 5.74) is 4.06. The van der Waals surface area contributed by atoms with Crippen LogP contribution >= 0.6 is 0 Å². The zero-order valence-electron chi connectivity index (χ0n) is 14.7. The van der Waals surface area contributed by atoms with Crippen LogP contribution in [0.3, 0.4) is 0 Å². The van der Waals surface area contributed by atoms with E-state index in [1.165, 1.54) is 5.56 Å². The van der Waals surface area contributed by atoms with E-state index in [1.54, 1.807) is 30.6 Å². The molecule has 0 fully saturated rings. The van der Waals surface area contributed by atoms with Gasteiger partial charge in [-0.1, -0.05) is 48.0 Å². The zero-order valence-corrected chi connectivity index (χ0v) is 14.7. The fourth-order valence-corrected chi connectivity index (χ4v) is 2.67. The van der Waals surface area contributed by atoms with E-state index in [0.717, 1.165) is 5.56 Å². The number of benzene rings is 2. The molecule has 2 heterocycles. The Hall–Kier alpha value is -3.74. The predicted molar refractivity (Wildman–Crippen MR) is 105 cm³/mol.